The zero-order chi connectivity index (χ0) is 50.0. The quantitative estimate of drug-likeness (QED) is 0.158. The van der Waals surface area contributed by atoms with Crippen molar-refractivity contribution in [1.82, 2.24) is 0 Å². The molecule has 0 bridgehead atoms. The normalized spacial score (nSPS) is 13.7. The van der Waals surface area contributed by atoms with Crippen molar-refractivity contribution in [2.24, 2.45) is 0 Å². The van der Waals surface area contributed by atoms with E-state index in [4.69, 9.17) is 4.42 Å². The Morgan fingerprint density at radius 3 is 1.47 bits per heavy atom. The summed E-state index contributed by atoms with van der Waals surface area (Å²) in [6.45, 7) is 0. The van der Waals surface area contributed by atoms with E-state index in [-0.39, 0.29) is 0 Å². The third kappa shape index (κ3) is 5.81. The fraction of sp³-hybridized carbons (Fsp3) is 0.0270. The fourth-order valence-corrected chi connectivity index (χ4v) is 14.0. The highest BCUT2D eigenvalue weighted by atomic mass is 16.3. The van der Waals surface area contributed by atoms with Gasteiger partial charge in [0.2, 0.25) is 0 Å². The number of hydrogen-bond acceptors (Lipinski definition) is 2. The maximum atomic E-state index is 6.40. The van der Waals surface area contributed by atoms with E-state index in [1.54, 1.807) is 0 Å². The van der Waals surface area contributed by atoms with Gasteiger partial charge in [0.05, 0.1) is 16.5 Å². The average molecular weight is 966 g/mol. The molecule has 0 saturated carbocycles. The molecule has 0 radical (unpaired) electrons. The second-order valence-corrected chi connectivity index (χ2v) is 20.6. The molecule has 0 atom stereocenters. The van der Waals surface area contributed by atoms with Gasteiger partial charge in [-0.25, -0.2) is 0 Å². The SMILES string of the molecule is c1ccc(C2(c3ccccc3)c3ccccc3-c3cccc(-c4cccc(N(c5ccc(-c6ccc7c(c6)oc6ccccc67)cc5)c5cccc6c5-c5ccccc5C65c6ccccc6-c6ccccc65)c4)c32)cc1. The first-order valence-corrected chi connectivity index (χ1v) is 26.4. The Bertz CT molecular complexity index is 4380. The van der Waals surface area contributed by atoms with Crippen LogP contribution in [0.25, 0.3) is 77.6 Å². The van der Waals surface area contributed by atoms with Crippen molar-refractivity contribution in [3.63, 3.8) is 0 Å². The summed E-state index contributed by atoms with van der Waals surface area (Å²) in [6.07, 6.45) is 0. The van der Waals surface area contributed by atoms with Crippen LogP contribution in [0.4, 0.5) is 17.1 Å². The summed E-state index contributed by atoms with van der Waals surface area (Å²) in [7, 11) is 0. The lowest BCUT2D eigenvalue weighted by Gasteiger charge is -2.35. The standard InChI is InChI=1S/C74H47NO/c1-3-21-51(22-4-1)73(52-23-5-2-6-24-52)63-33-12-9-28-58(63)61-32-18-31-55(72(61)73)50-20-17-25-54(46-50)75(53-43-40-48(41-44-53)49-42-45-60-59-29-11-16-39-69(59)76-70(60)47-49)68-38-19-37-67-71(68)62-30-10-15-36-66(62)74(67)64-34-13-7-26-56(64)57-27-8-14-35-65(57)74/h1-47H. The molecule has 16 rings (SSSR count). The first-order valence-electron chi connectivity index (χ1n) is 26.4. The molecule has 1 heterocycles. The molecule has 0 amide bonds. The predicted molar refractivity (Wildman–Crippen MR) is 313 cm³/mol. The third-order valence-electron chi connectivity index (χ3n) is 17.0. The summed E-state index contributed by atoms with van der Waals surface area (Å²) < 4.78 is 6.40. The molecule has 2 nitrogen and oxygen atoms in total. The van der Waals surface area contributed by atoms with Crippen LogP contribution >= 0.6 is 0 Å². The highest BCUT2D eigenvalue weighted by Gasteiger charge is 2.53. The Morgan fingerprint density at radius 1 is 0.276 bits per heavy atom. The van der Waals surface area contributed by atoms with E-state index in [2.05, 4.69) is 278 Å². The van der Waals surface area contributed by atoms with Crippen molar-refractivity contribution in [2.75, 3.05) is 4.90 Å². The molecule has 354 valence electrons. The van der Waals surface area contributed by atoms with Crippen molar-refractivity contribution < 1.29 is 4.42 Å². The number of fused-ring (bicyclic) bond motifs is 16. The van der Waals surface area contributed by atoms with Gasteiger partial charge >= 0.3 is 0 Å². The molecule has 3 aliphatic carbocycles. The van der Waals surface area contributed by atoms with Crippen LogP contribution < -0.4 is 4.90 Å². The Balaban J connectivity index is 0.928. The maximum absolute atomic E-state index is 6.40. The third-order valence-corrected chi connectivity index (χ3v) is 17.0. The van der Waals surface area contributed by atoms with Crippen molar-refractivity contribution in [3.8, 4) is 55.6 Å². The van der Waals surface area contributed by atoms with Gasteiger partial charge in [0.25, 0.3) is 0 Å². The summed E-state index contributed by atoms with van der Waals surface area (Å²) in [5.41, 5.74) is 26.6. The van der Waals surface area contributed by atoms with Gasteiger partial charge in [-0.05, 0) is 143 Å². The Kier molecular flexibility index (Phi) is 9.20. The highest BCUT2D eigenvalue weighted by molar-refractivity contribution is 6.06. The minimum Gasteiger partial charge on any atom is -0.456 e. The smallest absolute Gasteiger partial charge is 0.136 e. The Labute approximate surface area is 442 Å². The van der Waals surface area contributed by atoms with Crippen molar-refractivity contribution in [1.29, 1.82) is 0 Å². The average Bonchev–Trinajstić information content (AvgIpc) is 4.41. The largest absolute Gasteiger partial charge is 0.456 e. The van der Waals surface area contributed by atoms with E-state index in [9.17, 15) is 0 Å². The summed E-state index contributed by atoms with van der Waals surface area (Å²) in [5, 5.41) is 2.26. The van der Waals surface area contributed by atoms with Crippen molar-refractivity contribution in [3.05, 3.63) is 330 Å². The van der Waals surface area contributed by atoms with Crippen LogP contribution in [-0.2, 0) is 10.8 Å². The van der Waals surface area contributed by atoms with E-state index >= 15 is 0 Å². The first-order chi connectivity index (χ1) is 37.7. The molecule has 1 aromatic heterocycles. The minimum absolute atomic E-state index is 0.487. The number of hydrogen-bond donors (Lipinski definition) is 0. The number of nitrogens with zero attached hydrogens (tertiary/aromatic N) is 1. The van der Waals surface area contributed by atoms with Crippen molar-refractivity contribution in [2.45, 2.75) is 10.8 Å². The van der Waals surface area contributed by atoms with Gasteiger partial charge in [-0.1, -0.05) is 237 Å². The second kappa shape index (κ2) is 16.4. The van der Waals surface area contributed by atoms with Gasteiger partial charge in [0.15, 0.2) is 0 Å². The highest BCUT2D eigenvalue weighted by Crippen LogP contribution is 2.65. The molecular formula is C74H47NO. The Morgan fingerprint density at radius 2 is 0.776 bits per heavy atom. The molecule has 0 fully saturated rings. The maximum Gasteiger partial charge on any atom is 0.136 e. The molecule has 3 aliphatic rings. The van der Waals surface area contributed by atoms with E-state index in [1.165, 1.54) is 83.5 Å². The zero-order valence-electron chi connectivity index (χ0n) is 41.5. The number of benzene rings is 12. The van der Waals surface area contributed by atoms with Crippen molar-refractivity contribution >= 4 is 39.0 Å². The lowest BCUT2D eigenvalue weighted by atomic mass is 9.66. The molecule has 2 heteroatoms. The lowest BCUT2D eigenvalue weighted by molar-refractivity contribution is 0.669. The van der Waals surface area contributed by atoms with E-state index in [0.29, 0.717) is 0 Å². The van der Waals surface area contributed by atoms with Crippen LogP contribution in [0.2, 0.25) is 0 Å². The Hall–Kier alpha value is -9.76. The van der Waals surface area contributed by atoms with Gasteiger partial charge in [0, 0.05) is 27.7 Å². The number of anilines is 3. The monoisotopic (exact) mass is 965 g/mol. The molecular weight excluding hydrogens is 919 g/mol. The number of para-hydroxylation sites is 1. The molecule has 0 saturated heterocycles. The number of rotatable bonds is 7. The molecule has 1 spiro atoms. The molecule has 76 heavy (non-hydrogen) atoms. The summed E-state index contributed by atoms with van der Waals surface area (Å²) in [4.78, 5) is 2.51. The lowest BCUT2D eigenvalue weighted by Crippen LogP contribution is -2.29. The van der Waals surface area contributed by atoms with Gasteiger partial charge in [0.1, 0.15) is 11.2 Å². The van der Waals surface area contributed by atoms with Crippen LogP contribution in [0, 0.1) is 0 Å². The van der Waals surface area contributed by atoms with E-state index in [0.717, 1.165) is 55.7 Å². The topological polar surface area (TPSA) is 16.4 Å². The molecule has 13 aromatic rings. The second-order valence-electron chi connectivity index (χ2n) is 20.6. The predicted octanol–water partition coefficient (Wildman–Crippen LogP) is 19.1. The van der Waals surface area contributed by atoms with Gasteiger partial charge in [-0.2, -0.15) is 0 Å². The summed E-state index contributed by atoms with van der Waals surface area (Å²) in [6, 6.07) is 106. The van der Waals surface area contributed by atoms with Gasteiger partial charge < -0.3 is 9.32 Å². The molecule has 0 aliphatic heterocycles. The van der Waals surface area contributed by atoms with Crippen LogP contribution in [0.15, 0.2) is 290 Å². The molecule has 12 aromatic carbocycles. The molecule has 0 N–H and O–H groups in total. The summed E-state index contributed by atoms with van der Waals surface area (Å²) in [5.74, 6) is 0. The van der Waals surface area contributed by atoms with Gasteiger partial charge in [-0.15, -0.1) is 0 Å². The van der Waals surface area contributed by atoms with Crippen LogP contribution in [0.3, 0.4) is 0 Å². The zero-order valence-corrected chi connectivity index (χ0v) is 41.5. The minimum atomic E-state index is -0.561. The van der Waals surface area contributed by atoms with Crippen LogP contribution in [-0.4, -0.2) is 0 Å². The van der Waals surface area contributed by atoms with Crippen LogP contribution in [0.1, 0.15) is 44.5 Å². The first kappa shape index (κ1) is 42.7. The van der Waals surface area contributed by atoms with E-state index < -0.39 is 10.8 Å². The number of furan rings is 1. The fourth-order valence-electron chi connectivity index (χ4n) is 14.0. The van der Waals surface area contributed by atoms with Crippen LogP contribution in [0.5, 0.6) is 0 Å². The van der Waals surface area contributed by atoms with Gasteiger partial charge in [-0.3, -0.25) is 0 Å². The molecule has 0 unspecified atom stereocenters. The summed E-state index contributed by atoms with van der Waals surface area (Å²) >= 11 is 0. The van der Waals surface area contributed by atoms with E-state index in [1.807, 2.05) is 12.1 Å².